The van der Waals surface area contributed by atoms with Crippen molar-refractivity contribution in [1.82, 2.24) is 9.62 Å². The van der Waals surface area contributed by atoms with Crippen molar-refractivity contribution in [2.24, 2.45) is 0 Å². The van der Waals surface area contributed by atoms with E-state index in [-0.39, 0.29) is 27.4 Å². The second-order valence-corrected chi connectivity index (χ2v) is 10.2. The van der Waals surface area contributed by atoms with Gasteiger partial charge in [-0.05, 0) is 49.9 Å². The van der Waals surface area contributed by atoms with Gasteiger partial charge < -0.3 is 5.32 Å². The summed E-state index contributed by atoms with van der Waals surface area (Å²) in [4.78, 5) is 13.1. The number of hydrogen-bond acceptors (Lipinski definition) is 3. The maximum absolute atomic E-state index is 13.1. The molecule has 0 bridgehead atoms. The summed E-state index contributed by atoms with van der Waals surface area (Å²) in [6.07, 6.45) is 4.50. The summed E-state index contributed by atoms with van der Waals surface area (Å²) in [6.45, 7) is 5.03. The first-order valence-corrected chi connectivity index (χ1v) is 12.3. The van der Waals surface area contributed by atoms with Gasteiger partial charge in [-0.3, -0.25) is 4.79 Å². The Hall–Kier alpha value is -1.89. The number of amides is 1. The van der Waals surface area contributed by atoms with Gasteiger partial charge in [0.2, 0.25) is 10.0 Å². The molecule has 30 heavy (non-hydrogen) atoms. The normalized spacial score (nSPS) is 16.6. The van der Waals surface area contributed by atoms with Crippen LogP contribution >= 0.6 is 11.6 Å². The van der Waals surface area contributed by atoms with E-state index in [1.54, 1.807) is 0 Å². The van der Waals surface area contributed by atoms with Gasteiger partial charge in [0.25, 0.3) is 5.91 Å². The first-order valence-electron chi connectivity index (χ1n) is 10.5. The number of rotatable bonds is 6. The van der Waals surface area contributed by atoms with E-state index < -0.39 is 10.0 Å². The Morgan fingerprint density at radius 2 is 1.70 bits per heavy atom. The molecule has 0 saturated carbocycles. The number of halogens is 1. The van der Waals surface area contributed by atoms with Crippen molar-refractivity contribution >= 4 is 27.5 Å². The number of sulfonamides is 1. The molecule has 2 aromatic rings. The SMILES string of the molecule is CC[C@@H](NC(=O)c1cc(S(=O)(=O)N2CCCCCC2)ccc1Cl)c1ccc(C)cc1. The monoisotopic (exact) mass is 448 g/mol. The Morgan fingerprint density at radius 1 is 1.07 bits per heavy atom. The van der Waals surface area contributed by atoms with E-state index in [9.17, 15) is 13.2 Å². The summed E-state index contributed by atoms with van der Waals surface area (Å²) < 4.78 is 27.7. The minimum atomic E-state index is -3.65. The number of carbonyl (C=O) groups is 1. The van der Waals surface area contributed by atoms with Gasteiger partial charge in [-0.1, -0.05) is 61.2 Å². The van der Waals surface area contributed by atoms with Gasteiger partial charge in [0, 0.05) is 13.1 Å². The van der Waals surface area contributed by atoms with Crippen LogP contribution in [0.4, 0.5) is 0 Å². The molecular weight excluding hydrogens is 420 g/mol. The van der Waals surface area contributed by atoms with Crippen LogP contribution < -0.4 is 5.32 Å². The molecule has 3 rings (SSSR count). The fourth-order valence-electron chi connectivity index (χ4n) is 3.73. The van der Waals surface area contributed by atoms with Crippen LogP contribution in [0.3, 0.4) is 0 Å². The Labute approximate surface area is 184 Å². The minimum Gasteiger partial charge on any atom is -0.345 e. The molecule has 1 fully saturated rings. The van der Waals surface area contributed by atoms with Crippen LogP contribution in [0.25, 0.3) is 0 Å². The molecule has 0 aliphatic carbocycles. The maximum Gasteiger partial charge on any atom is 0.253 e. The smallest absolute Gasteiger partial charge is 0.253 e. The molecule has 1 aliphatic rings. The van der Waals surface area contributed by atoms with Gasteiger partial charge in [0.1, 0.15) is 0 Å². The van der Waals surface area contributed by atoms with Crippen LogP contribution in [-0.2, 0) is 10.0 Å². The summed E-state index contributed by atoms with van der Waals surface area (Å²) in [7, 11) is -3.65. The fraction of sp³-hybridized carbons (Fsp3) is 0.435. The highest BCUT2D eigenvalue weighted by Gasteiger charge is 2.27. The van der Waals surface area contributed by atoms with E-state index in [1.807, 2.05) is 38.1 Å². The molecule has 1 aliphatic heterocycles. The second kappa shape index (κ2) is 9.94. The number of hydrogen-bond donors (Lipinski definition) is 1. The zero-order valence-electron chi connectivity index (χ0n) is 17.5. The second-order valence-electron chi connectivity index (χ2n) is 7.80. The molecule has 1 N–H and O–H groups in total. The third-order valence-corrected chi connectivity index (χ3v) is 7.80. The molecule has 0 aromatic heterocycles. The minimum absolute atomic E-state index is 0.113. The lowest BCUT2D eigenvalue weighted by atomic mass is 10.0. The lowest BCUT2D eigenvalue weighted by Crippen LogP contribution is -2.32. The first kappa shape index (κ1) is 22.8. The van der Waals surface area contributed by atoms with E-state index in [0.717, 1.165) is 36.8 Å². The molecule has 1 amide bonds. The van der Waals surface area contributed by atoms with Crippen molar-refractivity contribution in [3.63, 3.8) is 0 Å². The van der Waals surface area contributed by atoms with Crippen LogP contribution in [-0.4, -0.2) is 31.7 Å². The molecule has 1 saturated heterocycles. The quantitative estimate of drug-likeness (QED) is 0.668. The van der Waals surface area contributed by atoms with Gasteiger partial charge in [0.05, 0.1) is 21.5 Å². The summed E-state index contributed by atoms with van der Waals surface area (Å²) in [5.74, 6) is -0.375. The lowest BCUT2D eigenvalue weighted by molar-refractivity contribution is 0.0935. The van der Waals surface area contributed by atoms with Gasteiger partial charge in [-0.2, -0.15) is 4.31 Å². The number of benzene rings is 2. The summed E-state index contributed by atoms with van der Waals surface area (Å²) >= 11 is 6.28. The maximum atomic E-state index is 13.1. The average molecular weight is 449 g/mol. The third-order valence-electron chi connectivity index (χ3n) is 5.58. The number of nitrogens with one attached hydrogen (secondary N) is 1. The zero-order valence-corrected chi connectivity index (χ0v) is 19.1. The van der Waals surface area contributed by atoms with Gasteiger partial charge in [-0.15, -0.1) is 0 Å². The largest absolute Gasteiger partial charge is 0.345 e. The summed E-state index contributed by atoms with van der Waals surface area (Å²) in [5, 5.41) is 3.23. The van der Waals surface area contributed by atoms with Crippen molar-refractivity contribution in [2.45, 2.75) is 56.9 Å². The molecule has 5 nitrogen and oxygen atoms in total. The van der Waals surface area contributed by atoms with E-state index in [0.29, 0.717) is 19.5 Å². The van der Waals surface area contributed by atoms with Crippen molar-refractivity contribution in [3.8, 4) is 0 Å². The summed E-state index contributed by atoms with van der Waals surface area (Å²) in [6, 6.07) is 12.2. The highest BCUT2D eigenvalue weighted by Crippen LogP contribution is 2.26. The predicted octanol–water partition coefficient (Wildman–Crippen LogP) is 5.09. The molecule has 0 unspecified atom stereocenters. The van der Waals surface area contributed by atoms with Crippen LogP contribution in [0.2, 0.25) is 5.02 Å². The lowest BCUT2D eigenvalue weighted by Gasteiger charge is -2.21. The standard InChI is InChI=1S/C23H29ClN2O3S/c1-3-22(18-10-8-17(2)9-11-18)25-23(27)20-16-19(12-13-21(20)24)30(28,29)26-14-6-4-5-7-15-26/h8-13,16,22H,3-7,14-15H2,1-2H3,(H,25,27)/t22-/m1/s1. The highest BCUT2D eigenvalue weighted by molar-refractivity contribution is 7.89. The third kappa shape index (κ3) is 5.23. The Kier molecular flexibility index (Phi) is 7.55. The summed E-state index contributed by atoms with van der Waals surface area (Å²) in [5.41, 5.74) is 2.33. The predicted molar refractivity (Wildman–Crippen MR) is 120 cm³/mol. The van der Waals surface area contributed by atoms with E-state index in [2.05, 4.69) is 5.32 Å². The molecule has 0 spiro atoms. The molecule has 7 heteroatoms. The number of carbonyl (C=O) groups excluding carboxylic acids is 1. The number of aryl methyl sites for hydroxylation is 1. The Balaban J connectivity index is 1.85. The molecule has 1 atom stereocenters. The van der Waals surface area contributed by atoms with Crippen molar-refractivity contribution in [1.29, 1.82) is 0 Å². The van der Waals surface area contributed by atoms with Gasteiger partial charge in [0.15, 0.2) is 0 Å². The van der Waals surface area contributed by atoms with E-state index in [1.165, 1.54) is 22.5 Å². The van der Waals surface area contributed by atoms with Gasteiger partial charge in [-0.25, -0.2) is 8.42 Å². The van der Waals surface area contributed by atoms with Crippen LogP contribution in [0.1, 0.15) is 66.6 Å². The molecule has 1 heterocycles. The van der Waals surface area contributed by atoms with Crippen molar-refractivity contribution in [3.05, 3.63) is 64.2 Å². The van der Waals surface area contributed by atoms with Gasteiger partial charge >= 0.3 is 0 Å². The Morgan fingerprint density at radius 3 is 2.30 bits per heavy atom. The number of nitrogens with zero attached hydrogens (tertiary/aromatic N) is 1. The molecular formula is C23H29ClN2O3S. The van der Waals surface area contributed by atoms with Crippen LogP contribution in [0.15, 0.2) is 47.4 Å². The Bertz CT molecular complexity index is 982. The molecule has 0 radical (unpaired) electrons. The van der Waals surface area contributed by atoms with Crippen molar-refractivity contribution < 1.29 is 13.2 Å². The first-order chi connectivity index (χ1) is 14.3. The highest BCUT2D eigenvalue weighted by atomic mass is 35.5. The van der Waals surface area contributed by atoms with E-state index in [4.69, 9.17) is 11.6 Å². The van der Waals surface area contributed by atoms with Crippen LogP contribution in [0, 0.1) is 6.92 Å². The molecule has 2 aromatic carbocycles. The fourth-order valence-corrected chi connectivity index (χ4v) is 5.47. The molecule has 162 valence electrons. The topological polar surface area (TPSA) is 66.5 Å². The average Bonchev–Trinajstić information content (AvgIpc) is 3.03. The van der Waals surface area contributed by atoms with E-state index >= 15 is 0 Å². The van der Waals surface area contributed by atoms with Crippen LogP contribution in [0.5, 0.6) is 0 Å². The van der Waals surface area contributed by atoms with Crippen molar-refractivity contribution in [2.75, 3.05) is 13.1 Å². The zero-order chi connectivity index (χ0) is 21.7.